The zero-order valence-electron chi connectivity index (χ0n) is 13.1. The number of anilines is 1. The molecule has 1 amide bonds. The second-order valence-electron chi connectivity index (χ2n) is 5.60. The van der Waals surface area contributed by atoms with Gasteiger partial charge in [-0.05, 0) is 25.0 Å². The van der Waals surface area contributed by atoms with Gasteiger partial charge >= 0.3 is 0 Å². The number of amides is 1. The van der Waals surface area contributed by atoms with Gasteiger partial charge in [-0.2, -0.15) is 0 Å². The summed E-state index contributed by atoms with van der Waals surface area (Å²) in [4.78, 5) is 14.5. The number of piperazine rings is 1. The molecule has 1 heterocycles. The van der Waals surface area contributed by atoms with Gasteiger partial charge in [0.1, 0.15) is 0 Å². The minimum atomic E-state index is 0.0374. The first-order valence-corrected chi connectivity index (χ1v) is 7.41. The van der Waals surface area contributed by atoms with E-state index in [0.717, 1.165) is 36.4 Å². The highest BCUT2D eigenvalue weighted by Crippen LogP contribution is 2.19. The third kappa shape index (κ3) is 4.27. The lowest BCUT2D eigenvalue weighted by Crippen LogP contribution is -2.55. The molecule has 1 atom stereocenters. The number of aryl methyl sites for hydroxylation is 2. The average molecular weight is 291 g/mol. The van der Waals surface area contributed by atoms with E-state index in [1.807, 2.05) is 32.0 Å². The summed E-state index contributed by atoms with van der Waals surface area (Å²) in [6.45, 7) is 7.73. The van der Waals surface area contributed by atoms with Crippen molar-refractivity contribution in [3.8, 4) is 0 Å². The fraction of sp³-hybridized carbons (Fsp3) is 0.562. The maximum absolute atomic E-state index is 12.3. The summed E-state index contributed by atoms with van der Waals surface area (Å²) in [7, 11) is 1.70. The van der Waals surface area contributed by atoms with Crippen LogP contribution in [0.15, 0.2) is 18.2 Å². The standard InChI is InChI=1S/C16H25N3O2/c1-12-5-4-6-13(2)16(12)18-15(20)10-19-8-7-17-9-14(19)11-21-3/h4-6,14,17H,7-11H2,1-3H3,(H,18,20). The molecular weight excluding hydrogens is 266 g/mol. The molecule has 0 aromatic heterocycles. The lowest BCUT2D eigenvalue weighted by molar-refractivity contribution is -0.118. The molecule has 5 nitrogen and oxygen atoms in total. The summed E-state index contributed by atoms with van der Waals surface area (Å²) in [5.74, 6) is 0.0374. The molecule has 5 heteroatoms. The number of ether oxygens (including phenoxy) is 1. The van der Waals surface area contributed by atoms with Gasteiger partial charge in [-0.15, -0.1) is 0 Å². The molecule has 0 saturated carbocycles. The van der Waals surface area contributed by atoms with Crippen molar-refractivity contribution < 1.29 is 9.53 Å². The molecule has 2 rings (SSSR count). The first-order chi connectivity index (χ1) is 10.1. The fourth-order valence-electron chi connectivity index (χ4n) is 2.74. The van der Waals surface area contributed by atoms with E-state index < -0.39 is 0 Å². The monoisotopic (exact) mass is 291 g/mol. The van der Waals surface area contributed by atoms with Crippen LogP contribution in [-0.2, 0) is 9.53 Å². The van der Waals surface area contributed by atoms with Crippen LogP contribution < -0.4 is 10.6 Å². The second kappa shape index (κ2) is 7.54. The Labute approximate surface area is 126 Å². The summed E-state index contributed by atoms with van der Waals surface area (Å²) in [5.41, 5.74) is 3.12. The van der Waals surface area contributed by atoms with Crippen LogP contribution in [0.3, 0.4) is 0 Å². The van der Waals surface area contributed by atoms with Gasteiger partial charge in [-0.3, -0.25) is 9.69 Å². The van der Waals surface area contributed by atoms with E-state index in [4.69, 9.17) is 4.74 Å². The maximum atomic E-state index is 12.3. The quantitative estimate of drug-likeness (QED) is 0.855. The molecule has 1 aromatic carbocycles. The van der Waals surface area contributed by atoms with E-state index in [0.29, 0.717) is 13.2 Å². The third-order valence-electron chi connectivity index (χ3n) is 3.92. The largest absolute Gasteiger partial charge is 0.383 e. The summed E-state index contributed by atoms with van der Waals surface area (Å²) in [5, 5.41) is 6.38. The Kier molecular flexibility index (Phi) is 5.73. The van der Waals surface area contributed by atoms with E-state index in [2.05, 4.69) is 15.5 Å². The molecule has 1 aromatic rings. The maximum Gasteiger partial charge on any atom is 0.238 e. The average Bonchev–Trinajstić information content (AvgIpc) is 2.45. The zero-order chi connectivity index (χ0) is 15.2. The first-order valence-electron chi connectivity index (χ1n) is 7.41. The van der Waals surface area contributed by atoms with Crippen molar-refractivity contribution in [1.29, 1.82) is 0 Å². The van der Waals surface area contributed by atoms with Crippen LogP contribution in [0.1, 0.15) is 11.1 Å². The van der Waals surface area contributed by atoms with Crippen LogP contribution in [0.5, 0.6) is 0 Å². The predicted octanol–water partition coefficient (Wildman–Crippen LogP) is 1.16. The van der Waals surface area contributed by atoms with Gasteiger partial charge in [0.15, 0.2) is 0 Å². The zero-order valence-corrected chi connectivity index (χ0v) is 13.1. The number of carbonyl (C=O) groups is 1. The highest BCUT2D eigenvalue weighted by molar-refractivity contribution is 5.93. The fourth-order valence-corrected chi connectivity index (χ4v) is 2.74. The molecule has 1 saturated heterocycles. The number of para-hydroxylation sites is 1. The van der Waals surface area contributed by atoms with Crippen LogP contribution >= 0.6 is 0 Å². The van der Waals surface area contributed by atoms with Gasteiger partial charge in [-0.25, -0.2) is 0 Å². The van der Waals surface area contributed by atoms with Crippen molar-refractivity contribution in [3.63, 3.8) is 0 Å². The molecule has 2 N–H and O–H groups in total. The Bertz CT molecular complexity index is 468. The van der Waals surface area contributed by atoms with Gasteiger partial charge in [-0.1, -0.05) is 18.2 Å². The van der Waals surface area contributed by atoms with Crippen molar-refractivity contribution in [2.75, 3.05) is 45.2 Å². The van der Waals surface area contributed by atoms with Gasteiger partial charge in [0.05, 0.1) is 13.2 Å². The van der Waals surface area contributed by atoms with E-state index in [1.165, 1.54) is 0 Å². The van der Waals surface area contributed by atoms with E-state index >= 15 is 0 Å². The predicted molar refractivity (Wildman–Crippen MR) is 84.7 cm³/mol. The molecule has 1 aliphatic heterocycles. The Morgan fingerprint density at radius 1 is 1.43 bits per heavy atom. The van der Waals surface area contributed by atoms with E-state index in [-0.39, 0.29) is 11.9 Å². The number of benzene rings is 1. The molecule has 1 unspecified atom stereocenters. The lowest BCUT2D eigenvalue weighted by atomic mass is 10.1. The molecule has 0 bridgehead atoms. The van der Waals surface area contributed by atoms with Crippen LogP contribution in [0.2, 0.25) is 0 Å². The van der Waals surface area contributed by atoms with Crippen LogP contribution in [0, 0.1) is 13.8 Å². The smallest absolute Gasteiger partial charge is 0.238 e. The highest BCUT2D eigenvalue weighted by atomic mass is 16.5. The van der Waals surface area contributed by atoms with Gasteiger partial charge in [0.2, 0.25) is 5.91 Å². The number of hydrogen-bond donors (Lipinski definition) is 2. The second-order valence-corrected chi connectivity index (χ2v) is 5.60. The molecule has 1 fully saturated rings. The minimum Gasteiger partial charge on any atom is -0.383 e. The van der Waals surface area contributed by atoms with Crippen molar-refractivity contribution in [2.45, 2.75) is 19.9 Å². The van der Waals surface area contributed by atoms with E-state index in [9.17, 15) is 4.79 Å². The summed E-state index contributed by atoms with van der Waals surface area (Å²) in [6, 6.07) is 6.29. The van der Waals surface area contributed by atoms with Crippen LogP contribution in [-0.4, -0.2) is 56.7 Å². The van der Waals surface area contributed by atoms with E-state index in [1.54, 1.807) is 7.11 Å². The minimum absolute atomic E-state index is 0.0374. The number of carbonyl (C=O) groups excluding carboxylic acids is 1. The van der Waals surface area contributed by atoms with Gasteiger partial charge < -0.3 is 15.4 Å². The number of methoxy groups -OCH3 is 1. The Morgan fingerprint density at radius 2 is 2.14 bits per heavy atom. The molecule has 21 heavy (non-hydrogen) atoms. The summed E-state index contributed by atoms with van der Waals surface area (Å²) in [6.07, 6.45) is 0. The molecule has 0 aliphatic carbocycles. The van der Waals surface area contributed by atoms with Gasteiger partial charge in [0.25, 0.3) is 0 Å². The van der Waals surface area contributed by atoms with Gasteiger partial charge in [0, 0.05) is 38.5 Å². The number of nitrogens with one attached hydrogen (secondary N) is 2. The topological polar surface area (TPSA) is 53.6 Å². The number of hydrogen-bond acceptors (Lipinski definition) is 4. The SMILES string of the molecule is COCC1CNCCN1CC(=O)Nc1c(C)cccc1C. The van der Waals surface area contributed by atoms with Crippen molar-refractivity contribution >= 4 is 11.6 Å². The summed E-state index contributed by atoms with van der Waals surface area (Å²) < 4.78 is 5.24. The molecule has 116 valence electrons. The highest BCUT2D eigenvalue weighted by Gasteiger charge is 2.24. The third-order valence-corrected chi connectivity index (χ3v) is 3.92. The van der Waals surface area contributed by atoms with Crippen molar-refractivity contribution in [1.82, 2.24) is 10.2 Å². The number of nitrogens with zero attached hydrogens (tertiary/aromatic N) is 1. The lowest BCUT2D eigenvalue weighted by Gasteiger charge is -2.35. The normalized spacial score (nSPS) is 19.5. The molecular formula is C16H25N3O2. The van der Waals surface area contributed by atoms with Crippen LogP contribution in [0.4, 0.5) is 5.69 Å². The van der Waals surface area contributed by atoms with Crippen molar-refractivity contribution in [2.24, 2.45) is 0 Å². The van der Waals surface area contributed by atoms with Crippen LogP contribution in [0.25, 0.3) is 0 Å². The molecule has 1 aliphatic rings. The Balaban J connectivity index is 1.97. The Morgan fingerprint density at radius 3 is 2.81 bits per heavy atom. The molecule has 0 spiro atoms. The number of rotatable bonds is 5. The summed E-state index contributed by atoms with van der Waals surface area (Å²) >= 11 is 0. The Hall–Kier alpha value is -1.43. The molecule has 0 radical (unpaired) electrons. The van der Waals surface area contributed by atoms with Crippen molar-refractivity contribution in [3.05, 3.63) is 29.3 Å². The first kappa shape index (κ1) is 15.9.